The summed E-state index contributed by atoms with van der Waals surface area (Å²) in [6.45, 7) is 3.22. The number of nitro benzene ring substituents is 1. The molecule has 2 N–H and O–H groups in total. The second-order valence-electron chi connectivity index (χ2n) is 4.53. The van der Waals surface area contributed by atoms with Crippen molar-refractivity contribution in [3.05, 3.63) is 39.2 Å². The van der Waals surface area contributed by atoms with Crippen molar-refractivity contribution in [1.82, 2.24) is 5.32 Å². The average Bonchev–Trinajstić information content (AvgIpc) is 2.34. The van der Waals surface area contributed by atoms with Gasteiger partial charge >= 0.3 is 0 Å². The number of nitrogens with zero attached hydrogens (tertiary/aromatic N) is 1. The molecule has 0 spiro atoms. The van der Waals surface area contributed by atoms with E-state index in [1.54, 1.807) is 0 Å². The van der Waals surface area contributed by atoms with Crippen molar-refractivity contribution in [2.45, 2.75) is 32.8 Å². The molecule has 20 heavy (non-hydrogen) atoms. The van der Waals surface area contributed by atoms with Crippen LogP contribution in [0.5, 0.6) is 0 Å². The van der Waals surface area contributed by atoms with Gasteiger partial charge in [-0.3, -0.25) is 14.9 Å². The minimum Gasteiger partial charge on any atom is -0.391 e. The predicted octanol–water partition coefficient (Wildman–Crippen LogP) is 1.93. The highest BCUT2D eigenvalue weighted by Crippen LogP contribution is 2.24. The van der Waals surface area contributed by atoms with Crippen molar-refractivity contribution >= 4 is 11.6 Å². The van der Waals surface area contributed by atoms with Crippen molar-refractivity contribution in [2.24, 2.45) is 0 Å². The Labute approximate surface area is 115 Å². The quantitative estimate of drug-likeness (QED) is 0.616. The van der Waals surface area contributed by atoms with E-state index in [1.807, 2.05) is 6.92 Å². The number of nitrogens with one attached hydrogen (secondary N) is 1. The van der Waals surface area contributed by atoms with Crippen molar-refractivity contribution in [3.63, 3.8) is 0 Å². The molecule has 0 heterocycles. The number of nitro groups is 1. The lowest BCUT2D eigenvalue weighted by molar-refractivity contribution is -0.385. The molecule has 110 valence electrons. The zero-order chi connectivity index (χ0) is 15.3. The fourth-order valence-corrected chi connectivity index (χ4v) is 1.89. The van der Waals surface area contributed by atoms with E-state index in [0.29, 0.717) is 6.42 Å². The maximum Gasteiger partial charge on any atom is 0.285 e. The third-order valence-electron chi connectivity index (χ3n) is 2.81. The number of carbonyl (C=O) groups excluding carboxylic acids is 1. The first kappa shape index (κ1) is 16.0. The van der Waals surface area contributed by atoms with Crippen LogP contribution in [0.15, 0.2) is 12.1 Å². The van der Waals surface area contributed by atoms with E-state index in [0.717, 1.165) is 18.6 Å². The molecule has 0 aliphatic carbocycles. The molecule has 1 rings (SSSR count). The summed E-state index contributed by atoms with van der Waals surface area (Å²) in [7, 11) is 0. The van der Waals surface area contributed by atoms with Crippen LogP contribution < -0.4 is 5.32 Å². The van der Waals surface area contributed by atoms with Crippen LogP contribution in [0.3, 0.4) is 0 Å². The molecule has 0 aliphatic heterocycles. The van der Waals surface area contributed by atoms with Gasteiger partial charge in [0.05, 0.1) is 11.0 Å². The van der Waals surface area contributed by atoms with Gasteiger partial charge in [0.1, 0.15) is 11.4 Å². The molecule has 0 radical (unpaired) electrons. The zero-order valence-electron chi connectivity index (χ0n) is 11.4. The van der Waals surface area contributed by atoms with Crippen molar-refractivity contribution < 1.29 is 19.2 Å². The highest BCUT2D eigenvalue weighted by Gasteiger charge is 2.24. The number of carbonyl (C=O) groups is 1. The van der Waals surface area contributed by atoms with Crippen molar-refractivity contribution in [2.75, 3.05) is 6.54 Å². The maximum atomic E-state index is 13.3. The lowest BCUT2D eigenvalue weighted by Gasteiger charge is -2.11. The topological polar surface area (TPSA) is 92.5 Å². The van der Waals surface area contributed by atoms with Gasteiger partial charge in [0.15, 0.2) is 0 Å². The first-order valence-electron chi connectivity index (χ1n) is 6.27. The Balaban J connectivity index is 2.95. The van der Waals surface area contributed by atoms with Crippen LogP contribution >= 0.6 is 0 Å². The number of benzene rings is 1. The minimum absolute atomic E-state index is 0.0284. The van der Waals surface area contributed by atoms with E-state index < -0.39 is 28.4 Å². The monoisotopic (exact) mass is 284 g/mol. The van der Waals surface area contributed by atoms with E-state index >= 15 is 0 Å². The summed E-state index contributed by atoms with van der Waals surface area (Å²) < 4.78 is 13.3. The van der Waals surface area contributed by atoms with Crippen LogP contribution in [0.25, 0.3) is 0 Å². The van der Waals surface area contributed by atoms with Gasteiger partial charge in [0.25, 0.3) is 11.6 Å². The second-order valence-corrected chi connectivity index (χ2v) is 4.53. The maximum absolute atomic E-state index is 13.3. The van der Waals surface area contributed by atoms with Crippen LogP contribution in [0.4, 0.5) is 10.1 Å². The Morgan fingerprint density at radius 3 is 2.75 bits per heavy atom. The average molecular weight is 284 g/mol. The SMILES string of the molecule is CCCC(O)CNC(=O)c1cc(F)cc(C)c1[N+](=O)[O-]. The zero-order valence-corrected chi connectivity index (χ0v) is 11.4. The summed E-state index contributed by atoms with van der Waals surface area (Å²) in [5, 5.41) is 22.8. The molecule has 0 bridgehead atoms. The third kappa shape index (κ3) is 3.99. The van der Waals surface area contributed by atoms with E-state index in [4.69, 9.17) is 0 Å². The molecular formula is C13H17FN2O4. The van der Waals surface area contributed by atoms with Crippen LogP contribution in [0.1, 0.15) is 35.7 Å². The van der Waals surface area contributed by atoms with Gasteiger partial charge in [0.2, 0.25) is 0 Å². The summed E-state index contributed by atoms with van der Waals surface area (Å²) in [5.41, 5.74) is -0.681. The fourth-order valence-electron chi connectivity index (χ4n) is 1.89. The lowest BCUT2D eigenvalue weighted by Crippen LogP contribution is -2.32. The summed E-state index contributed by atoms with van der Waals surface area (Å²) in [6, 6.07) is 1.83. The van der Waals surface area contributed by atoms with E-state index in [9.17, 15) is 24.4 Å². The molecule has 7 heteroatoms. The van der Waals surface area contributed by atoms with Crippen LogP contribution in [-0.4, -0.2) is 28.6 Å². The predicted molar refractivity (Wildman–Crippen MR) is 71.0 cm³/mol. The number of aryl methyl sites for hydroxylation is 1. The Hall–Kier alpha value is -2.02. The number of aliphatic hydroxyl groups is 1. The van der Waals surface area contributed by atoms with Gasteiger partial charge in [-0.15, -0.1) is 0 Å². The van der Waals surface area contributed by atoms with Crippen LogP contribution in [-0.2, 0) is 0 Å². The lowest BCUT2D eigenvalue weighted by atomic mass is 10.1. The minimum atomic E-state index is -0.769. The molecule has 0 aromatic heterocycles. The van der Waals surface area contributed by atoms with Gasteiger partial charge < -0.3 is 10.4 Å². The smallest absolute Gasteiger partial charge is 0.285 e. The van der Waals surface area contributed by atoms with Crippen molar-refractivity contribution in [1.29, 1.82) is 0 Å². The van der Waals surface area contributed by atoms with Gasteiger partial charge in [-0.1, -0.05) is 13.3 Å². The number of rotatable bonds is 6. The molecule has 1 amide bonds. The van der Waals surface area contributed by atoms with Crippen LogP contribution in [0.2, 0.25) is 0 Å². The Morgan fingerprint density at radius 1 is 1.55 bits per heavy atom. The van der Waals surface area contributed by atoms with Gasteiger partial charge in [-0.25, -0.2) is 4.39 Å². The normalized spacial score (nSPS) is 12.0. The second kappa shape index (κ2) is 6.95. The number of hydrogen-bond donors (Lipinski definition) is 2. The summed E-state index contributed by atoms with van der Waals surface area (Å²) in [4.78, 5) is 22.1. The molecule has 0 fully saturated rings. The Kier molecular flexibility index (Phi) is 5.57. The molecule has 1 atom stereocenters. The summed E-state index contributed by atoms with van der Waals surface area (Å²) >= 11 is 0. The van der Waals surface area contributed by atoms with E-state index in [-0.39, 0.29) is 17.7 Å². The third-order valence-corrected chi connectivity index (χ3v) is 2.81. The van der Waals surface area contributed by atoms with E-state index in [2.05, 4.69) is 5.32 Å². The first-order valence-corrected chi connectivity index (χ1v) is 6.27. The molecule has 1 aromatic rings. The van der Waals surface area contributed by atoms with Crippen LogP contribution in [0, 0.1) is 22.9 Å². The molecule has 6 nitrogen and oxygen atoms in total. The highest BCUT2D eigenvalue weighted by atomic mass is 19.1. The standard InChI is InChI=1S/C13H17FN2O4/c1-3-4-10(17)7-15-13(18)11-6-9(14)5-8(2)12(11)16(19)20/h5-6,10,17H,3-4,7H2,1-2H3,(H,15,18). The molecular weight excluding hydrogens is 267 g/mol. The van der Waals surface area contributed by atoms with E-state index in [1.165, 1.54) is 6.92 Å². The highest BCUT2D eigenvalue weighted by molar-refractivity contribution is 5.98. The summed E-state index contributed by atoms with van der Waals surface area (Å²) in [5.74, 6) is -1.48. The number of hydrogen-bond acceptors (Lipinski definition) is 4. The van der Waals surface area contributed by atoms with Crippen molar-refractivity contribution in [3.8, 4) is 0 Å². The fraction of sp³-hybridized carbons (Fsp3) is 0.462. The molecule has 0 saturated carbocycles. The number of aliphatic hydroxyl groups excluding tert-OH is 1. The largest absolute Gasteiger partial charge is 0.391 e. The Morgan fingerprint density at radius 2 is 2.20 bits per heavy atom. The number of amides is 1. The Bertz CT molecular complexity index is 519. The van der Waals surface area contributed by atoms with Gasteiger partial charge in [0, 0.05) is 12.1 Å². The number of halogens is 1. The molecule has 0 saturated heterocycles. The molecule has 1 aromatic carbocycles. The first-order chi connectivity index (χ1) is 9.36. The summed E-state index contributed by atoms with van der Waals surface area (Å²) in [6.07, 6.45) is 0.526. The molecule has 1 unspecified atom stereocenters. The molecule has 0 aliphatic rings. The van der Waals surface area contributed by atoms with Gasteiger partial charge in [-0.2, -0.15) is 0 Å². The van der Waals surface area contributed by atoms with Gasteiger partial charge in [-0.05, 0) is 25.5 Å².